The van der Waals surface area contributed by atoms with E-state index in [0.29, 0.717) is 25.0 Å². The Hall–Kier alpha value is -1.06. The van der Waals surface area contributed by atoms with Crippen molar-refractivity contribution in [3.8, 4) is 0 Å². The van der Waals surface area contributed by atoms with Crippen LogP contribution in [0.15, 0.2) is 0 Å². The minimum Gasteiger partial charge on any atom is -0.465 e. The first-order valence-electron chi connectivity index (χ1n) is 11.5. The van der Waals surface area contributed by atoms with Gasteiger partial charge in [0.1, 0.15) is 0 Å². The first-order chi connectivity index (χ1) is 13.2. The summed E-state index contributed by atoms with van der Waals surface area (Å²) in [5.41, 5.74) is 0. The van der Waals surface area contributed by atoms with Crippen molar-refractivity contribution in [2.24, 2.45) is 35.5 Å². The highest BCUT2D eigenvalue weighted by Gasteiger charge is 2.21. The van der Waals surface area contributed by atoms with Crippen LogP contribution in [0, 0.1) is 35.5 Å². The number of esters is 2. The molecule has 4 heteroatoms. The molecule has 0 unspecified atom stereocenters. The van der Waals surface area contributed by atoms with Gasteiger partial charge in [0.05, 0.1) is 25.0 Å². The zero-order chi connectivity index (χ0) is 21.1. The Kier molecular flexibility index (Phi) is 11.8. The van der Waals surface area contributed by atoms with Crippen LogP contribution in [0.4, 0.5) is 0 Å². The highest BCUT2D eigenvalue weighted by molar-refractivity contribution is 5.71. The lowest BCUT2D eigenvalue weighted by atomic mass is 9.83. The molecule has 164 valence electrons. The normalized spacial score (nSPS) is 27.7. The zero-order valence-corrected chi connectivity index (χ0v) is 19.2. The van der Waals surface area contributed by atoms with Gasteiger partial charge < -0.3 is 9.47 Å². The molecule has 2 saturated carbocycles. The van der Waals surface area contributed by atoms with Crippen molar-refractivity contribution < 1.29 is 19.1 Å². The number of rotatable bonds is 6. The van der Waals surface area contributed by atoms with Crippen LogP contribution in [0.25, 0.3) is 0 Å². The molecule has 0 atom stereocenters. The van der Waals surface area contributed by atoms with E-state index in [2.05, 4.69) is 13.8 Å². The fourth-order valence-electron chi connectivity index (χ4n) is 3.72. The molecule has 0 aromatic rings. The summed E-state index contributed by atoms with van der Waals surface area (Å²) in [7, 11) is 0. The summed E-state index contributed by atoms with van der Waals surface area (Å²) in [6.45, 7) is 13.4. The van der Waals surface area contributed by atoms with Gasteiger partial charge in [-0.2, -0.15) is 0 Å². The highest BCUT2D eigenvalue weighted by atomic mass is 16.5. The number of carbonyl (C=O) groups is 2. The maximum Gasteiger partial charge on any atom is 0.308 e. The Labute approximate surface area is 173 Å². The molecule has 0 aromatic heterocycles. The third-order valence-electron chi connectivity index (χ3n) is 6.14. The van der Waals surface area contributed by atoms with Crippen molar-refractivity contribution in [1.29, 1.82) is 0 Å². The molecule has 0 heterocycles. The molecule has 28 heavy (non-hydrogen) atoms. The van der Waals surface area contributed by atoms with Crippen LogP contribution in [-0.4, -0.2) is 25.2 Å². The first kappa shape index (κ1) is 25.0. The van der Waals surface area contributed by atoms with E-state index in [-0.39, 0.29) is 23.8 Å². The number of hydrogen-bond acceptors (Lipinski definition) is 4. The van der Waals surface area contributed by atoms with Gasteiger partial charge in [-0.15, -0.1) is 0 Å². The lowest BCUT2D eigenvalue weighted by Gasteiger charge is -2.25. The Balaban J connectivity index is 0.000000280. The van der Waals surface area contributed by atoms with Crippen molar-refractivity contribution in [2.75, 3.05) is 13.2 Å². The van der Waals surface area contributed by atoms with Crippen molar-refractivity contribution in [3.63, 3.8) is 0 Å². The molecule has 0 spiro atoms. The quantitative estimate of drug-likeness (QED) is 0.515. The third kappa shape index (κ3) is 10.5. The Morgan fingerprint density at radius 1 is 0.643 bits per heavy atom. The van der Waals surface area contributed by atoms with Gasteiger partial charge in [0.15, 0.2) is 0 Å². The average molecular weight is 397 g/mol. The second kappa shape index (κ2) is 13.2. The fraction of sp³-hybridized carbons (Fsp3) is 0.917. The first-order valence-corrected chi connectivity index (χ1v) is 11.5. The maximum atomic E-state index is 11.2. The molecule has 4 nitrogen and oxygen atoms in total. The molecule has 0 radical (unpaired) electrons. The Morgan fingerprint density at radius 2 is 0.929 bits per heavy atom. The highest BCUT2D eigenvalue weighted by Crippen LogP contribution is 2.29. The number of carbonyl (C=O) groups excluding carboxylic acids is 2. The minimum atomic E-state index is -0.0522. The second-order valence-corrected chi connectivity index (χ2v) is 9.82. The number of ether oxygens (including phenoxy) is 2. The SMILES string of the molecule is CC(C)C(=O)OC[C@H]1CC[C@H](C)CC1.CC(C)C(=O)OC[C@H]1CC[C@H](C)CC1. The summed E-state index contributed by atoms with van der Waals surface area (Å²) in [5.74, 6) is 2.89. The largest absolute Gasteiger partial charge is 0.465 e. The lowest BCUT2D eigenvalue weighted by molar-refractivity contribution is -0.149. The molecular formula is C24H44O4. The molecule has 2 rings (SSSR count). The van der Waals surface area contributed by atoms with Gasteiger partial charge in [-0.1, -0.05) is 67.2 Å². The van der Waals surface area contributed by atoms with Gasteiger partial charge in [0.2, 0.25) is 0 Å². The van der Waals surface area contributed by atoms with Gasteiger partial charge in [-0.25, -0.2) is 0 Å². The Bertz CT molecular complexity index is 400. The van der Waals surface area contributed by atoms with Crippen molar-refractivity contribution in [3.05, 3.63) is 0 Å². The van der Waals surface area contributed by atoms with Gasteiger partial charge >= 0.3 is 11.9 Å². The van der Waals surface area contributed by atoms with Crippen LogP contribution in [0.3, 0.4) is 0 Å². The fourth-order valence-corrected chi connectivity index (χ4v) is 3.72. The molecule has 0 N–H and O–H groups in total. The number of hydrogen-bond donors (Lipinski definition) is 0. The molecule has 0 aromatic carbocycles. The minimum absolute atomic E-state index is 0.0116. The summed E-state index contributed by atoms with van der Waals surface area (Å²) >= 11 is 0. The second-order valence-electron chi connectivity index (χ2n) is 9.82. The van der Waals surface area contributed by atoms with Crippen molar-refractivity contribution >= 4 is 11.9 Å². The molecular weight excluding hydrogens is 352 g/mol. The summed E-state index contributed by atoms with van der Waals surface area (Å²) in [6.07, 6.45) is 10.1. The topological polar surface area (TPSA) is 52.6 Å². The summed E-state index contributed by atoms with van der Waals surface area (Å²) in [6, 6.07) is 0. The van der Waals surface area contributed by atoms with E-state index in [0.717, 1.165) is 11.8 Å². The molecule has 2 aliphatic carbocycles. The van der Waals surface area contributed by atoms with E-state index in [4.69, 9.17) is 9.47 Å². The van der Waals surface area contributed by atoms with Crippen LogP contribution < -0.4 is 0 Å². The smallest absolute Gasteiger partial charge is 0.308 e. The van der Waals surface area contributed by atoms with Gasteiger partial charge in [0, 0.05) is 0 Å². The van der Waals surface area contributed by atoms with Crippen LogP contribution in [0.1, 0.15) is 92.9 Å². The van der Waals surface area contributed by atoms with Crippen LogP contribution >= 0.6 is 0 Å². The molecule has 0 aliphatic heterocycles. The Morgan fingerprint density at radius 3 is 1.18 bits per heavy atom. The van der Waals surface area contributed by atoms with E-state index in [1.807, 2.05) is 27.7 Å². The van der Waals surface area contributed by atoms with Crippen molar-refractivity contribution in [2.45, 2.75) is 92.9 Å². The summed E-state index contributed by atoms with van der Waals surface area (Å²) in [4.78, 5) is 22.5. The molecule has 0 amide bonds. The maximum absolute atomic E-state index is 11.2. The summed E-state index contributed by atoms with van der Waals surface area (Å²) in [5, 5.41) is 0. The molecule has 0 bridgehead atoms. The predicted molar refractivity (Wildman–Crippen MR) is 114 cm³/mol. The van der Waals surface area contributed by atoms with Gasteiger partial charge in [-0.3, -0.25) is 9.59 Å². The standard InChI is InChI=1S/2C12H22O2/c2*1-9(2)12(13)14-8-11-6-4-10(3)5-7-11/h2*9-11H,4-8H2,1-3H3/t2*10-,11-. The van der Waals surface area contributed by atoms with E-state index in [1.165, 1.54) is 51.4 Å². The van der Waals surface area contributed by atoms with Crippen LogP contribution in [-0.2, 0) is 19.1 Å². The zero-order valence-electron chi connectivity index (χ0n) is 19.2. The van der Waals surface area contributed by atoms with Crippen LogP contribution in [0.2, 0.25) is 0 Å². The van der Waals surface area contributed by atoms with E-state index in [1.54, 1.807) is 0 Å². The van der Waals surface area contributed by atoms with E-state index < -0.39 is 0 Å². The average Bonchev–Trinajstić information content (AvgIpc) is 2.67. The predicted octanol–water partition coefficient (Wildman–Crippen LogP) is 6.02. The monoisotopic (exact) mass is 396 g/mol. The molecule has 0 saturated heterocycles. The van der Waals surface area contributed by atoms with E-state index in [9.17, 15) is 9.59 Å². The van der Waals surface area contributed by atoms with Crippen molar-refractivity contribution in [1.82, 2.24) is 0 Å². The van der Waals surface area contributed by atoms with Gasteiger partial charge in [0.25, 0.3) is 0 Å². The molecule has 2 fully saturated rings. The lowest BCUT2D eigenvalue weighted by Crippen LogP contribution is -2.21. The molecule has 2 aliphatic rings. The summed E-state index contributed by atoms with van der Waals surface area (Å²) < 4.78 is 10.5. The van der Waals surface area contributed by atoms with Gasteiger partial charge in [-0.05, 0) is 49.4 Å². The third-order valence-corrected chi connectivity index (χ3v) is 6.14. The van der Waals surface area contributed by atoms with Crippen LogP contribution in [0.5, 0.6) is 0 Å². The van der Waals surface area contributed by atoms with E-state index >= 15 is 0 Å².